The first kappa shape index (κ1) is 12.4. The molecule has 0 saturated heterocycles. The second-order valence-corrected chi connectivity index (χ2v) is 5.50. The van der Waals surface area contributed by atoms with Crippen molar-refractivity contribution in [2.75, 3.05) is 0 Å². The summed E-state index contributed by atoms with van der Waals surface area (Å²) >= 11 is 6.09. The van der Waals surface area contributed by atoms with E-state index in [4.69, 9.17) is 11.6 Å². The fourth-order valence-electron chi connectivity index (χ4n) is 2.68. The molecule has 0 amide bonds. The summed E-state index contributed by atoms with van der Waals surface area (Å²) in [4.78, 5) is 11.2. The minimum Gasteiger partial charge on any atom is -0.298 e. The highest BCUT2D eigenvalue weighted by Crippen LogP contribution is 2.41. The molecule has 1 saturated carbocycles. The molecular weight excluding hydrogens is 256 g/mol. The maximum absolute atomic E-state index is 11.2. The molecule has 96 valence electrons. The molecule has 0 N–H and O–H groups in total. The van der Waals surface area contributed by atoms with Crippen molar-refractivity contribution < 1.29 is 4.79 Å². The van der Waals surface area contributed by atoms with Gasteiger partial charge in [-0.1, -0.05) is 42.3 Å². The van der Waals surface area contributed by atoms with Crippen LogP contribution < -0.4 is 0 Å². The highest BCUT2D eigenvalue weighted by atomic mass is 35.5. The lowest BCUT2D eigenvalue weighted by Gasteiger charge is -2.28. The van der Waals surface area contributed by atoms with Crippen LogP contribution in [-0.4, -0.2) is 6.29 Å². The van der Waals surface area contributed by atoms with Gasteiger partial charge in [-0.25, -0.2) is 0 Å². The summed E-state index contributed by atoms with van der Waals surface area (Å²) in [6, 6.07) is 13.8. The van der Waals surface area contributed by atoms with E-state index >= 15 is 0 Å². The smallest absolute Gasteiger partial charge is 0.150 e. The zero-order valence-electron chi connectivity index (χ0n) is 10.6. The van der Waals surface area contributed by atoms with Crippen LogP contribution in [0, 0.1) is 0 Å². The molecule has 0 aromatic heterocycles. The monoisotopic (exact) mass is 270 g/mol. The van der Waals surface area contributed by atoms with Gasteiger partial charge in [0.25, 0.3) is 0 Å². The first-order valence-electron chi connectivity index (χ1n) is 6.63. The van der Waals surface area contributed by atoms with E-state index in [1.54, 1.807) is 12.1 Å². The van der Waals surface area contributed by atoms with Gasteiger partial charge in [0.1, 0.15) is 0 Å². The van der Waals surface area contributed by atoms with Crippen LogP contribution in [0.2, 0.25) is 5.02 Å². The predicted molar refractivity (Wildman–Crippen MR) is 78.9 cm³/mol. The van der Waals surface area contributed by atoms with Gasteiger partial charge < -0.3 is 0 Å². The summed E-state index contributed by atoms with van der Waals surface area (Å²) in [6.45, 7) is 0. The van der Waals surface area contributed by atoms with Crippen LogP contribution in [0.15, 0.2) is 42.5 Å². The van der Waals surface area contributed by atoms with Gasteiger partial charge in [-0.05, 0) is 53.6 Å². The van der Waals surface area contributed by atoms with Crippen LogP contribution in [0.4, 0.5) is 0 Å². The van der Waals surface area contributed by atoms with E-state index in [0.29, 0.717) is 16.5 Å². The van der Waals surface area contributed by atoms with Gasteiger partial charge in [0, 0.05) is 10.6 Å². The van der Waals surface area contributed by atoms with Gasteiger partial charge in [0.05, 0.1) is 0 Å². The largest absolute Gasteiger partial charge is 0.298 e. The highest BCUT2D eigenvalue weighted by molar-refractivity contribution is 6.31. The van der Waals surface area contributed by atoms with E-state index < -0.39 is 0 Å². The average molecular weight is 271 g/mol. The second kappa shape index (κ2) is 5.18. The van der Waals surface area contributed by atoms with Gasteiger partial charge in [-0.15, -0.1) is 0 Å². The Bertz CT molecular complexity index is 614. The van der Waals surface area contributed by atoms with Crippen molar-refractivity contribution in [1.29, 1.82) is 0 Å². The summed E-state index contributed by atoms with van der Waals surface area (Å²) < 4.78 is 0. The van der Waals surface area contributed by atoms with Crippen LogP contribution in [-0.2, 0) is 0 Å². The molecule has 2 aromatic rings. The third-order valence-electron chi connectivity index (χ3n) is 3.94. The zero-order valence-corrected chi connectivity index (χ0v) is 11.4. The highest BCUT2D eigenvalue weighted by Gasteiger charge is 2.23. The Balaban J connectivity index is 2.16. The molecule has 3 rings (SSSR count). The predicted octanol–water partition coefficient (Wildman–Crippen LogP) is 5.09. The number of benzene rings is 2. The Kier molecular flexibility index (Phi) is 3.39. The SMILES string of the molecule is O=Cc1ccc(Cl)cc1-c1ccccc1C1CCC1. The van der Waals surface area contributed by atoms with E-state index in [2.05, 4.69) is 18.2 Å². The molecule has 2 heteroatoms. The number of carbonyl (C=O) groups excluding carboxylic acids is 1. The van der Waals surface area contributed by atoms with Crippen LogP contribution >= 0.6 is 11.6 Å². The Morgan fingerprint density at radius 3 is 2.53 bits per heavy atom. The van der Waals surface area contributed by atoms with Crippen LogP contribution in [0.25, 0.3) is 11.1 Å². The lowest BCUT2D eigenvalue weighted by molar-refractivity contribution is 0.112. The second-order valence-electron chi connectivity index (χ2n) is 5.06. The Hall–Kier alpha value is -1.60. The molecule has 1 nitrogen and oxygen atoms in total. The molecule has 0 bridgehead atoms. The number of hydrogen-bond acceptors (Lipinski definition) is 1. The molecule has 1 fully saturated rings. The lowest BCUT2D eigenvalue weighted by atomic mass is 9.77. The summed E-state index contributed by atoms with van der Waals surface area (Å²) in [7, 11) is 0. The van der Waals surface area contributed by atoms with Crippen molar-refractivity contribution >= 4 is 17.9 Å². The standard InChI is InChI=1S/C17H15ClO/c18-14-9-8-13(11-19)17(10-14)16-7-2-1-6-15(16)12-4-3-5-12/h1-2,6-12H,3-5H2. The Labute approximate surface area is 118 Å². The molecule has 0 unspecified atom stereocenters. The summed E-state index contributed by atoms with van der Waals surface area (Å²) in [5.41, 5.74) is 4.15. The normalized spacial score (nSPS) is 15.0. The van der Waals surface area contributed by atoms with Crippen LogP contribution in [0.5, 0.6) is 0 Å². The molecule has 0 aliphatic heterocycles. The van der Waals surface area contributed by atoms with E-state index in [1.165, 1.54) is 24.8 Å². The molecule has 19 heavy (non-hydrogen) atoms. The van der Waals surface area contributed by atoms with Crippen LogP contribution in [0.1, 0.15) is 41.1 Å². The maximum Gasteiger partial charge on any atom is 0.150 e. The van der Waals surface area contributed by atoms with Gasteiger partial charge in [0.15, 0.2) is 6.29 Å². The van der Waals surface area contributed by atoms with Gasteiger partial charge >= 0.3 is 0 Å². The Morgan fingerprint density at radius 2 is 1.84 bits per heavy atom. The fraction of sp³-hybridized carbons (Fsp3) is 0.235. The molecule has 0 spiro atoms. The van der Waals surface area contributed by atoms with E-state index in [9.17, 15) is 4.79 Å². The topological polar surface area (TPSA) is 17.1 Å². The Morgan fingerprint density at radius 1 is 1.05 bits per heavy atom. The van der Waals surface area contributed by atoms with Gasteiger partial charge in [-0.3, -0.25) is 4.79 Å². The minimum absolute atomic E-state index is 0.634. The molecular formula is C17H15ClO. The number of halogens is 1. The van der Waals surface area contributed by atoms with Crippen molar-refractivity contribution in [3.8, 4) is 11.1 Å². The molecule has 0 heterocycles. The lowest BCUT2D eigenvalue weighted by Crippen LogP contribution is -2.10. The summed E-state index contributed by atoms with van der Waals surface area (Å²) in [5, 5.41) is 0.670. The minimum atomic E-state index is 0.634. The molecule has 1 aliphatic rings. The van der Waals surface area contributed by atoms with Crippen molar-refractivity contribution in [2.45, 2.75) is 25.2 Å². The zero-order chi connectivity index (χ0) is 13.2. The fourth-order valence-corrected chi connectivity index (χ4v) is 2.85. The number of rotatable bonds is 3. The number of aldehydes is 1. The summed E-state index contributed by atoms with van der Waals surface area (Å²) in [6.07, 6.45) is 4.69. The van der Waals surface area contributed by atoms with Gasteiger partial charge in [0.2, 0.25) is 0 Å². The third kappa shape index (κ3) is 2.31. The number of carbonyl (C=O) groups is 1. The average Bonchev–Trinajstić information content (AvgIpc) is 2.37. The third-order valence-corrected chi connectivity index (χ3v) is 4.17. The number of hydrogen-bond donors (Lipinski definition) is 0. The molecule has 2 aromatic carbocycles. The molecule has 0 atom stereocenters. The quantitative estimate of drug-likeness (QED) is 0.710. The van der Waals surface area contributed by atoms with Crippen LogP contribution in [0.3, 0.4) is 0 Å². The molecule has 1 aliphatic carbocycles. The van der Waals surface area contributed by atoms with E-state index in [1.807, 2.05) is 12.1 Å². The first-order valence-corrected chi connectivity index (χ1v) is 7.01. The maximum atomic E-state index is 11.2. The van der Waals surface area contributed by atoms with Crippen molar-refractivity contribution in [3.63, 3.8) is 0 Å². The van der Waals surface area contributed by atoms with Crippen molar-refractivity contribution in [1.82, 2.24) is 0 Å². The molecule has 0 radical (unpaired) electrons. The van der Waals surface area contributed by atoms with Crippen molar-refractivity contribution in [2.24, 2.45) is 0 Å². The van der Waals surface area contributed by atoms with Crippen molar-refractivity contribution in [3.05, 3.63) is 58.6 Å². The van der Waals surface area contributed by atoms with E-state index in [-0.39, 0.29) is 0 Å². The first-order chi connectivity index (χ1) is 9.29. The summed E-state index contributed by atoms with van der Waals surface area (Å²) in [5.74, 6) is 0.634. The van der Waals surface area contributed by atoms with Gasteiger partial charge in [-0.2, -0.15) is 0 Å². The van der Waals surface area contributed by atoms with E-state index in [0.717, 1.165) is 17.4 Å².